The molecule has 2 heteroatoms. The van der Waals surface area contributed by atoms with Crippen molar-refractivity contribution < 1.29 is 4.42 Å². The van der Waals surface area contributed by atoms with Crippen molar-refractivity contribution in [2.45, 2.75) is 84.2 Å². The summed E-state index contributed by atoms with van der Waals surface area (Å²) in [4.78, 5) is 0. The van der Waals surface area contributed by atoms with Crippen molar-refractivity contribution in [1.29, 1.82) is 0 Å². The lowest BCUT2D eigenvalue weighted by molar-refractivity contribution is 0.213. The molecular weight excluding hydrogens is 258 g/mol. The number of rotatable bonds is 2. The Bertz CT molecular complexity index is 456. The summed E-state index contributed by atoms with van der Waals surface area (Å²) in [5, 5.41) is 3.95. The molecule has 0 radical (unpaired) electrons. The summed E-state index contributed by atoms with van der Waals surface area (Å²) in [7, 11) is 0. The third kappa shape index (κ3) is 3.53. The quantitative estimate of drug-likeness (QED) is 0.753. The van der Waals surface area contributed by atoms with Crippen molar-refractivity contribution in [3.05, 3.63) is 23.7 Å². The van der Waals surface area contributed by atoms with Crippen molar-refractivity contribution >= 4 is 0 Å². The normalized spacial score (nSPS) is 30.7. The predicted molar refractivity (Wildman–Crippen MR) is 87.3 cm³/mol. The fraction of sp³-hybridized carbons (Fsp3) is 0.789. The molecule has 118 valence electrons. The molecule has 21 heavy (non-hydrogen) atoms. The van der Waals surface area contributed by atoms with E-state index in [1.807, 2.05) is 6.26 Å². The lowest BCUT2D eigenvalue weighted by Crippen LogP contribution is -2.34. The molecule has 2 aliphatic rings. The van der Waals surface area contributed by atoms with Gasteiger partial charge >= 0.3 is 0 Å². The highest BCUT2D eigenvalue weighted by atomic mass is 16.3. The molecule has 0 amide bonds. The number of fused-ring (bicyclic) bond motifs is 1. The van der Waals surface area contributed by atoms with Crippen LogP contribution in [-0.4, -0.2) is 6.04 Å². The minimum Gasteiger partial charge on any atom is -0.469 e. The molecule has 1 aromatic heterocycles. The van der Waals surface area contributed by atoms with E-state index in [1.165, 1.54) is 56.3 Å². The molecule has 1 N–H and O–H groups in total. The van der Waals surface area contributed by atoms with Crippen LogP contribution in [0.25, 0.3) is 0 Å². The Kier molecular flexibility index (Phi) is 4.44. The predicted octanol–water partition coefficient (Wildman–Crippen LogP) is 5.24. The summed E-state index contributed by atoms with van der Waals surface area (Å²) in [6.45, 7) is 7.22. The molecule has 3 atom stereocenters. The molecule has 1 heterocycles. The van der Waals surface area contributed by atoms with Crippen LogP contribution in [0.5, 0.6) is 0 Å². The van der Waals surface area contributed by atoms with Crippen LogP contribution in [-0.2, 0) is 6.42 Å². The van der Waals surface area contributed by atoms with Gasteiger partial charge in [-0.25, -0.2) is 0 Å². The van der Waals surface area contributed by atoms with Crippen LogP contribution in [0.4, 0.5) is 0 Å². The second-order valence-electron chi connectivity index (χ2n) is 8.18. The maximum atomic E-state index is 5.62. The van der Waals surface area contributed by atoms with Crippen molar-refractivity contribution in [2.75, 3.05) is 0 Å². The third-order valence-electron chi connectivity index (χ3n) is 5.68. The van der Waals surface area contributed by atoms with Gasteiger partial charge in [0.2, 0.25) is 0 Å². The van der Waals surface area contributed by atoms with Gasteiger partial charge in [-0.2, -0.15) is 0 Å². The molecule has 0 aliphatic heterocycles. The van der Waals surface area contributed by atoms with Gasteiger partial charge in [0.25, 0.3) is 0 Å². The van der Waals surface area contributed by atoms with Gasteiger partial charge in [0.15, 0.2) is 0 Å². The molecule has 1 aromatic rings. The van der Waals surface area contributed by atoms with Gasteiger partial charge in [-0.1, -0.05) is 27.2 Å². The fourth-order valence-electron chi connectivity index (χ4n) is 4.28. The van der Waals surface area contributed by atoms with E-state index in [0.29, 0.717) is 17.5 Å². The summed E-state index contributed by atoms with van der Waals surface area (Å²) < 4.78 is 5.62. The van der Waals surface area contributed by atoms with Gasteiger partial charge in [-0.3, -0.25) is 0 Å². The zero-order valence-corrected chi connectivity index (χ0v) is 14.0. The van der Waals surface area contributed by atoms with Crippen LogP contribution >= 0.6 is 0 Å². The minimum atomic E-state index is 0.470. The summed E-state index contributed by atoms with van der Waals surface area (Å²) >= 11 is 0. The Hall–Kier alpha value is -0.760. The highest BCUT2D eigenvalue weighted by Gasteiger charge is 2.30. The van der Waals surface area contributed by atoms with E-state index in [-0.39, 0.29) is 0 Å². The lowest BCUT2D eigenvalue weighted by atomic mass is 9.76. The Morgan fingerprint density at radius 2 is 1.90 bits per heavy atom. The van der Waals surface area contributed by atoms with Crippen LogP contribution in [0.3, 0.4) is 0 Å². The van der Waals surface area contributed by atoms with E-state index in [9.17, 15) is 0 Å². The van der Waals surface area contributed by atoms with Crippen LogP contribution < -0.4 is 5.32 Å². The lowest BCUT2D eigenvalue weighted by Gasteiger charge is -2.30. The van der Waals surface area contributed by atoms with Gasteiger partial charge in [-0.15, -0.1) is 0 Å². The first-order valence-electron chi connectivity index (χ1n) is 8.86. The van der Waals surface area contributed by atoms with Gasteiger partial charge in [0.1, 0.15) is 5.76 Å². The average Bonchev–Trinajstić information content (AvgIpc) is 2.78. The van der Waals surface area contributed by atoms with E-state index in [4.69, 9.17) is 4.42 Å². The maximum absolute atomic E-state index is 5.62. The molecule has 3 unspecified atom stereocenters. The average molecular weight is 289 g/mol. The molecule has 0 bridgehead atoms. The Balaban J connectivity index is 1.60. The molecule has 2 aliphatic carbocycles. The SMILES string of the molecule is CC(C)(C)C1CCCC(NC2CCCc3occc32)CC1. The van der Waals surface area contributed by atoms with Gasteiger partial charge in [0, 0.05) is 24.1 Å². The second-order valence-corrected chi connectivity index (χ2v) is 8.18. The number of hydrogen-bond acceptors (Lipinski definition) is 2. The second kappa shape index (κ2) is 6.16. The van der Waals surface area contributed by atoms with E-state index >= 15 is 0 Å². The van der Waals surface area contributed by atoms with E-state index in [0.717, 1.165) is 12.3 Å². The summed E-state index contributed by atoms with van der Waals surface area (Å²) in [5.41, 5.74) is 1.90. The standard InChI is InChI=1S/C19H31NO/c1-19(2,3)14-6-4-7-15(11-10-14)20-17-8-5-9-18-16(17)12-13-21-18/h12-15,17,20H,4-11H2,1-3H3. The summed E-state index contributed by atoms with van der Waals surface area (Å²) in [6.07, 6.45) is 12.4. The zero-order chi connectivity index (χ0) is 14.9. The van der Waals surface area contributed by atoms with Crippen LogP contribution in [0.1, 0.15) is 83.1 Å². The number of hydrogen-bond donors (Lipinski definition) is 1. The van der Waals surface area contributed by atoms with Crippen LogP contribution in [0.15, 0.2) is 16.7 Å². The molecule has 1 saturated carbocycles. The van der Waals surface area contributed by atoms with Crippen molar-refractivity contribution in [2.24, 2.45) is 11.3 Å². The molecule has 3 rings (SSSR count). The zero-order valence-electron chi connectivity index (χ0n) is 14.0. The maximum Gasteiger partial charge on any atom is 0.108 e. The molecule has 0 aromatic carbocycles. The third-order valence-corrected chi connectivity index (χ3v) is 5.68. The molecule has 1 fully saturated rings. The van der Waals surface area contributed by atoms with Crippen molar-refractivity contribution in [1.82, 2.24) is 5.32 Å². The number of furan rings is 1. The molecule has 0 spiro atoms. The Labute approximate surface area is 129 Å². The summed E-state index contributed by atoms with van der Waals surface area (Å²) in [5.74, 6) is 2.11. The van der Waals surface area contributed by atoms with E-state index in [2.05, 4.69) is 32.2 Å². The first kappa shape index (κ1) is 15.1. The molecule has 0 saturated heterocycles. The highest BCUT2D eigenvalue weighted by Crippen LogP contribution is 2.38. The smallest absolute Gasteiger partial charge is 0.108 e. The van der Waals surface area contributed by atoms with Gasteiger partial charge in [-0.05, 0) is 55.9 Å². The fourth-order valence-corrected chi connectivity index (χ4v) is 4.28. The first-order valence-corrected chi connectivity index (χ1v) is 8.86. The van der Waals surface area contributed by atoms with Crippen LogP contribution in [0.2, 0.25) is 0 Å². The van der Waals surface area contributed by atoms with Gasteiger partial charge < -0.3 is 9.73 Å². The Morgan fingerprint density at radius 1 is 1.05 bits per heavy atom. The van der Waals surface area contributed by atoms with E-state index < -0.39 is 0 Å². The minimum absolute atomic E-state index is 0.470. The summed E-state index contributed by atoms with van der Waals surface area (Å²) in [6, 6.07) is 3.41. The van der Waals surface area contributed by atoms with Crippen molar-refractivity contribution in [3.8, 4) is 0 Å². The van der Waals surface area contributed by atoms with Crippen molar-refractivity contribution in [3.63, 3.8) is 0 Å². The highest BCUT2D eigenvalue weighted by molar-refractivity contribution is 5.24. The number of nitrogens with one attached hydrogen (secondary N) is 1. The van der Waals surface area contributed by atoms with Gasteiger partial charge in [0.05, 0.1) is 6.26 Å². The topological polar surface area (TPSA) is 25.2 Å². The van der Waals surface area contributed by atoms with Crippen LogP contribution in [0, 0.1) is 11.3 Å². The largest absolute Gasteiger partial charge is 0.469 e. The number of aryl methyl sites for hydroxylation is 1. The van der Waals surface area contributed by atoms with E-state index in [1.54, 1.807) is 0 Å². The first-order chi connectivity index (χ1) is 10.0. The Morgan fingerprint density at radius 3 is 2.71 bits per heavy atom. The molecule has 2 nitrogen and oxygen atoms in total. The monoisotopic (exact) mass is 289 g/mol. The molecular formula is C19H31NO.